The minimum atomic E-state index is -3.88. The Morgan fingerprint density at radius 2 is 1.49 bits per heavy atom. The second-order valence-corrected chi connectivity index (χ2v) is 12.2. The fraction of sp³-hybridized carbons (Fsp3) is 0.208. The third-order valence-corrected chi connectivity index (χ3v) is 7.93. The molecule has 3 aromatic rings. The van der Waals surface area contributed by atoms with Crippen molar-refractivity contribution in [2.45, 2.75) is 31.7 Å². The molecule has 0 fully saturated rings. The number of benzene rings is 3. The molecule has 3 rings (SSSR count). The third kappa shape index (κ3) is 6.74. The molecule has 3 aromatic carbocycles. The Balaban J connectivity index is 1.78. The monoisotopic (exact) mass is 535 g/mol. The highest BCUT2D eigenvalue weighted by Crippen LogP contribution is 2.25. The lowest BCUT2D eigenvalue weighted by molar-refractivity contribution is -0.116. The van der Waals surface area contributed by atoms with Crippen LogP contribution in [0.3, 0.4) is 0 Å². The topological polar surface area (TPSA) is 113 Å². The van der Waals surface area contributed by atoms with Crippen LogP contribution in [-0.4, -0.2) is 35.0 Å². The zero-order valence-electron chi connectivity index (χ0n) is 19.6. The quantitative estimate of drug-likeness (QED) is 0.439. The zero-order valence-corrected chi connectivity index (χ0v) is 22.0. The first-order valence-electron chi connectivity index (χ1n) is 10.5. The number of carbonyl (C=O) groups excluding carboxylic acids is 1. The van der Waals surface area contributed by atoms with Gasteiger partial charge in [-0.3, -0.25) is 13.8 Å². The Hall–Kier alpha value is -3.08. The van der Waals surface area contributed by atoms with Crippen LogP contribution in [0.15, 0.2) is 71.6 Å². The van der Waals surface area contributed by atoms with Crippen molar-refractivity contribution in [2.24, 2.45) is 0 Å². The Kier molecular flexibility index (Phi) is 7.78. The van der Waals surface area contributed by atoms with Crippen LogP contribution in [0, 0.1) is 13.8 Å². The van der Waals surface area contributed by atoms with Gasteiger partial charge in [-0.1, -0.05) is 23.7 Å². The molecule has 0 bridgehead atoms. The van der Waals surface area contributed by atoms with Crippen molar-refractivity contribution in [1.29, 1.82) is 0 Å². The molecule has 0 radical (unpaired) electrons. The summed E-state index contributed by atoms with van der Waals surface area (Å²) in [4.78, 5) is 12.9. The van der Waals surface area contributed by atoms with Gasteiger partial charge in [-0.2, -0.15) is 0 Å². The van der Waals surface area contributed by atoms with Crippen molar-refractivity contribution in [3.8, 4) is 0 Å². The number of sulfonamides is 2. The summed E-state index contributed by atoms with van der Waals surface area (Å²) in [6.45, 7) is 5.18. The summed E-state index contributed by atoms with van der Waals surface area (Å²) in [7, 11) is -7.65. The van der Waals surface area contributed by atoms with E-state index in [4.69, 9.17) is 11.6 Å². The van der Waals surface area contributed by atoms with Crippen molar-refractivity contribution < 1.29 is 21.6 Å². The summed E-state index contributed by atoms with van der Waals surface area (Å²) in [6.07, 6.45) is 1.04. The number of anilines is 3. The van der Waals surface area contributed by atoms with E-state index in [-0.39, 0.29) is 4.90 Å². The first-order valence-corrected chi connectivity index (χ1v) is 14.2. The predicted molar refractivity (Wildman–Crippen MR) is 140 cm³/mol. The number of nitrogens with zero attached hydrogens (tertiary/aromatic N) is 1. The Morgan fingerprint density at radius 1 is 0.886 bits per heavy atom. The molecule has 1 atom stereocenters. The number of hydrogen-bond donors (Lipinski definition) is 2. The minimum absolute atomic E-state index is 0.0171. The SMILES string of the molecule is Cc1cc(C)cc(N(C(C)C(=O)Nc2ccc(S(=O)(=O)Nc3cccc(Cl)c3)cc2)S(C)(=O)=O)c1. The largest absolute Gasteiger partial charge is 0.324 e. The Labute approximate surface area is 211 Å². The van der Waals surface area contributed by atoms with Gasteiger partial charge in [0.1, 0.15) is 6.04 Å². The molecule has 1 amide bonds. The normalized spacial score (nSPS) is 12.6. The van der Waals surface area contributed by atoms with Crippen molar-refractivity contribution >= 4 is 54.6 Å². The first-order chi connectivity index (χ1) is 16.3. The van der Waals surface area contributed by atoms with E-state index in [1.807, 2.05) is 19.9 Å². The molecule has 0 aliphatic rings. The first kappa shape index (κ1) is 26.5. The second kappa shape index (κ2) is 10.3. The molecule has 1 unspecified atom stereocenters. The van der Waals surface area contributed by atoms with Crippen molar-refractivity contribution in [1.82, 2.24) is 0 Å². The average molecular weight is 536 g/mol. The van der Waals surface area contributed by atoms with Gasteiger partial charge in [0.15, 0.2) is 0 Å². The molecule has 11 heteroatoms. The summed E-state index contributed by atoms with van der Waals surface area (Å²) in [5.74, 6) is -0.567. The molecule has 0 saturated heterocycles. The maximum atomic E-state index is 12.9. The van der Waals surface area contributed by atoms with Gasteiger partial charge < -0.3 is 5.32 Å². The molecule has 0 aliphatic heterocycles. The molecule has 0 spiro atoms. The fourth-order valence-electron chi connectivity index (χ4n) is 3.62. The van der Waals surface area contributed by atoms with E-state index >= 15 is 0 Å². The molecule has 0 saturated carbocycles. The van der Waals surface area contributed by atoms with Crippen LogP contribution in [0.4, 0.5) is 17.1 Å². The van der Waals surface area contributed by atoms with Crippen LogP contribution in [0.1, 0.15) is 18.1 Å². The van der Waals surface area contributed by atoms with Crippen LogP contribution in [-0.2, 0) is 24.8 Å². The molecule has 8 nitrogen and oxygen atoms in total. The number of nitrogens with one attached hydrogen (secondary N) is 2. The van der Waals surface area contributed by atoms with E-state index in [0.29, 0.717) is 22.1 Å². The molecule has 0 aromatic heterocycles. The lowest BCUT2D eigenvalue weighted by Gasteiger charge is -2.28. The zero-order chi connectivity index (χ0) is 26.0. The van der Waals surface area contributed by atoms with Crippen molar-refractivity contribution in [2.75, 3.05) is 20.6 Å². The van der Waals surface area contributed by atoms with Crippen LogP contribution < -0.4 is 14.3 Å². The summed E-state index contributed by atoms with van der Waals surface area (Å²) >= 11 is 5.90. The molecule has 186 valence electrons. The minimum Gasteiger partial charge on any atom is -0.324 e. The number of hydrogen-bond acceptors (Lipinski definition) is 5. The molecule has 0 aliphatic carbocycles. The van der Waals surface area contributed by atoms with Gasteiger partial charge in [0.05, 0.1) is 22.5 Å². The van der Waals surface area contributed by atoms with E-state index in [1.165, 1.54) is 37.3 Å². The predicted octanol–water partition coefficient (Wildman–Crippen LogP) is 4.55. The number of carbonyl (C=O) groups is 1. The van der Waals surface area contributed by atoms with Crippen LogP contribution in [0.2, 0.25) is 5.02 Å². The van der Waals surface area contributed by atoms with E-state index in [9.17, 15) is 21.6 Å². The highest BCUT2D eigenvalue weighted by molar-refractivity contribution is 7.92. The summed E-state index contributed by atoms with van der Waals surface area (Å²) in [5, 5.41) is 3.04. The van der Waals surface area contributed by atoms with Gasteiger partial charge in [0.2, 0.25) is 15.9 Å². The molecule has 0 heterocycles. The van der Waals surface area contributed by atoms with Gasteiger partial charge in [-0.15, -0.1) is 0 Å². The fourth-order valence-corrected chi connectivity index (χ4v) is 6.02. The Morgan fingerprint density at radius 3 is 2.03 bits per heavy atom. The maximum absolute atomic E-state index is 12.9. The van der Waals surface area contributed by atoms with E-state index < -0.39 is 32.0 Å². The number of aryl methyl sites for hydroxylation is 2. The lowest BCUT2D eigenvalue weighted by Crippen LogP contribution is -2.45. The average Bonchev–Trinajstić information content (AvgIpc) is 2.72. The van der Waals surface area contributed by atoms with Crippen molar-refractivity contribution in [3.63, 3.8) is 0 Å². The standard InChI is InChI=1S/C24H26ClN3O5S2/c1-16-12-17(2)14-22(13-16)28(34(4,30)31)18(3)24(29)26-20-8-10-23(11-9-20)35(32,33)27-21-7-5-6-19(25)15-21/h5-15,18,27H,1-4H3,(H,26,29). The highest BCUT2D eigenvalue weighted by Gasteiger charge is 2.29. The van der Waals surface area contributed by atoms with Crippen LogP contribution in [0.25, 0.3) is 0 Å². The van der Waals surface area contributed by atoms with Crippen molar-refractivity contribution in [3.05, 3.63) is 82.9 Å². The van der Waals surface area contributed by atoms with Gasteiger partial charge in [-0.25, -0.2) is 16.8 Å². The lowest BCUT2D eigenvalue weighted by atomic mass is 10.1. The van der Waals surface area contributed by atoms with Gasteiger partial charge in [-0.05, 0) is 86.5 Å². The van der Waals surface area contributed by atoms with E-state index in [1.54, 1.807) is 30.3 Å². The number of halogens is 1. The summed E-state index contributed by atoms with van der Waals surface area (Å²) in [6, 6.07) is 16.1. The summed E-state index contributed by atoms with van der Waals surface area (Å²) < 4.78 is 53.9. The molecule has 35 heavy (non-hydrogen) atoms. The number of rotatable bonds is 8. The highest BCUT2D eigenvalue weighted by atomic mass is 35.5. The van der Waals surface area contributed by atoms with Crippen LogP contribution >= 0.6 is 11.6 Å². The molecular weight excluding hydrogens is 510 g/mol. The third-order valence-electron chi connectivity index (χ3n) is 5.06. The maximum Gasteiger partial charge on any atom is 0.261 e. The second-order valence-electron chi connectivity index (χ2n) is 8.21. The van der Waals surface area contributed by atoms with Gasteiger partial charge in [0, 0.05) is 10.7 Å². The smallest absolute Gasteiger partial charge is 0.261 e. The van der Waals surface area contributed by atoms with E-state index in [0.717, 1.165) is 21.7 Å². The van der Waals surface area contributed by atoms with Gasteiger partial charge >= 0.3 is 0 Å². The van der Waals surface area contributed by atoms with Gasteiger partial charge in [0.25, 0.3) is 10.0 Å². The summed E-state index contributed by atoms with van der Waals surface area (Å²) in [5.41, 5.74) is 2.75. The van der Waals surface area contributed by atoms with E-state index in [2.05, 4.69) is 10.0 Å². The van der Waals surface area contributed by atoms with Crippen LogP contribution in [0.5, 0.6) is 0 Å². The molecule has 2 N–H and O–H groups in total. The Bertz CT molecular complexity index is 1440. The number of amides is 1. The molecular formula is C24H26ClN3O5S2.